The molecule has 2 atom stereocenters. The van der Waals surface area contributed by atoms with Gasteiger partial charge in [0.1, 0.15) is 0 Å². The quantitative estimate of drug-likeness (QED) is 0.750. The van der Waals surface area contributed by atoms with E-state index >= 15 is 0 Å². The van der Waals surface area contributed by atoms with Gasteiger partial charge in [0, 0.05) is 24.4 Å². The van der Waals surface area contributed by atoms with Gasteiger partial charge in [-0.05, 0) is 55.6 Å². The second-order valence-electron chi connectivity index (χ2n) is 7.74. The third-order valence-corrected chi connectivity index (χ3v) is 6.89. The van der Waals surface area contributed by atoms with Crippen molar-refractivity contribution in [2.45, 2.75) is 37.2 Å². The molecule has 1 amide bonds. The third-order valence-electron chi connectivity index (χ3n) is 5.40. The summed E-state index contributed by atoms with van der Waals surface area (Å²) in [7, 11) is -3.22. The molecule has 5 nitrogen and oxygen atoms in total. The van der Waals surface area contributed by atoms with Crippen molar-refractivity contribution < 1.29 is 13.2 Å². The zero-order chi connectivity index (χ0) is 21.0. The number of halogens is 1. The van der Waals surface area contributed by atoms with E-state index in [1.807, 2.05) is 31.2 Å². The maximum Gasteiger partial charge on any atom is 0.224 e. The van der Waals surface area contributed by atoms with Gasteiger partial charge in [0.2, 0.25) is 5.91 Å². The van der Waals surface area contributed by atoms with Crippen molar-refractivity contribution in [2.75, 3.05) is 19.3 Å². The number of hydrogen-bond donors (Lipinski definition) is 1. The standard InChI is InChI=1S/C22H27ClN2O3S/c1-16(17-9-11-20(12-10-17)29(2,27)28)24-22(26)19-7-5-13-25(15-19)14-18-6-3-4-8-21(18)23/h3-4,6,8-12,16,19H,5,7,13-15H2,1-2H3,(H,24,26)/t16-,19-/m1/s1. The summed E-state index contributed by atoms with van der Waals surface area (Å²) in [6.45, 7) is 4.32. The monoisotopic (exact) mass is 434 g/mol. The van der Waals surface area contributed by atoms with Crippen molar-refractivity contribution in [3.8, 4) is 0 Å². The molecule has 0 aromatic heterocycles. The topological polar surface area (TPSA) is 66.5 Å². The van der Waals surface area contributed by atoms with Gasteiger partial charge in [0.15, 0.2) is 9.84 Å². The molecule has 156 valence electrons. The van der Waals surface area contributed by atoms with Crippen LogP contribution in [0.2, 0.25) is 5.02 Å². The largest absolute Gasteiger partial charge is 0.349 e. The summed E-state index contributed by atoms with van der Waals surface area (Å²) < 4.78 is 23.2. The number of hydrogen-bond acceptors (Lipinski definition) is 4. The van der Waals surface area contributed by atoms with Gasteiger partial charge in [-0.3, -0.25) is 9.69 Å². The molecule has 1 heterocycles. The lowest BCUT2D eigenvalue weighted by Gasteiger charge is -2.32. The number of rotatable bonds is 6. The van der Waals surface area contributed by atoms with Crippen molar-refractivity contribution in [3.63, 3.8) is 0 Å². The molecule has 2 aromatic rings. The first kappa shape index (κ1) is 21.8. The molecule has 7 heteroatoms. The Labute approximate surface area is 178 Å². The highest BCUT2D eigenvalue weighted by Crippen LogP contribution is 2.23. The normalized spacial score (nSPS) is 18.9. The van der Waals surface area contributed by atoms with Crippen molar-refractivity contribution in [1.29, 1.82) is 0 Å². The van der Waals surface area contributed by atoms with Gasteiger partial charge in [-0.1, -0.05) is 41.9 Å². The van der Waals surface area contributed by atoms with E-state index < -0.39 is 9.84 Å². The Hall–Kier alpha value is -1.89. The Morgan fingerprint density at radius 3 is 2.55 bits per heavy atom. The smallest absolute Gasteiger partial charge is 0.224 e. The van der Waals surface area contributed by atoms with Crippen molar-refractivity contribution in [1.82, 2.24) is 10.2 Å². The van der Waals surface area contributed by atoms with Crippen LogP contribution in [0.3, 0.4) is 0 Å². The number of carbonyl (C=O) groups excluding carboxylic acids is 1. The number of sulfone groups is 1. The van der Waals surface area contributed by atoms with E-state index in [9.17, 15) is 13.2 Å². The zero-order valence-electron chi connectivity index (χ0n) is 16.8. The molecule has 29 heavy (non-hydrogen) atoms. The molecular formula is C22H27ClN2O3S. The lowest BCUT2D eigenvalue weighted by molar-refractivity contribution is -0.127. The third kappa shape index (κ3) is 5.81. The minimum atomic E-state index is -3.22. The zero-order valence-corrected chi connectivity index (χ0v) is 18.3. The average molecular weight is 435 g/mol. The molecule has 0 bridgehead atoms. The maximum absolute atomic E-state index is 12.8. The lowest BCUT2D eigenvalue weighted by Crippen LogP contribution is -2.43. The van der Waals surface area contributed by atoms with Crippen LogP contribution in [-0.4, -0.2) is 38.6 Å². The second kappa shape index (κ2) is 9.28. The maximum atomic E-state index is 12.8. The van der Waals surface area contributed by atoms with Gasteiger partial charge in [-0.25, -0.2) is 8.42 Å². The first-order valence-corrected chi connectivity index (χ1v) is 12.1. The van der Waals surface area contributed by atoms with Crippen LogP contribution >= 0.6 is 11.6 Å². The minimum Gasteiger partial charge on any atom is -0.349 e. The Morgan fingerprint density at radius 1 is 1.21 bits per heavy atom. The minimum absolute atomic E-state index is 0.0357. The highest BCUT2D eigenvalue weighted by atomic mass is 35.5. The highest BCUT2D eigenvalue weighted by molar-refractivity contribution is 7.90. The summed E-state index contributed by atoms with van der Waals surface area (Å²) in [5.74, 6) is -0.0301. The fourth-order valence-corrected chi connectivity index (χ4v) is 4.52. The lowest BCUT2D eigenvalue weighted by atomic mass is 9.96. The molecule has 2 aromatic carbocycles. The first-order chi connectivity index (χ1) is 13.7. The Balaban J connectivity index is 1.59. The average Bonchev–Trinajstić information content (AvgIpc) is 2.69. The molecule has 0 spiro atoms. The summed E-state index contributed by atoms with van der Waals surface area (Å²) in [6.07, 6.45) is 3.02. The van der Waals surface area contributed by atoms with E-state index in [2.05, 4.69) is 10.2 Å². The van der Waals surface area contributed by atoms with Crippen LogP contribution in [0.15, 0.2) is 53.4 Å². The van der Waals surface area contributed by atoms with Gasteiger partial charge < -0.3 is 5.32 Å². The molecule has 1 fully saturated rings. The van der Waals surface area contributed by atoms with Gasteiger partial charge >= 0.3 is 0 Å². The number of nitrogens with zero attached hydrogens (tertiary/aromatic N) is 1. The van der Waals surface area contributed by atoms with Gasteiger partial charge in [0.05, 0.1) is 16.9 Å². The molecule has 0 radical (unpaired) electrons. The molecule has 3 rings (SSSR count). The molecule has 1 aliphatic heterocycles. The number of benzene rings is 2. The molecule has 1 saturated heterocycles. The predicted molar refractivity (Wildman–Crippen MR) is 116 cm³/mol. The number of carbonyl (C=O) groups is 1. The second-order valence-corrected chi connectivity index (χ2v) is 10.2. The summed E-state index contributed by atoms with van der Waals surface area (Å²) in [6, 6.07) is 14.3. The van der Waals surface area contributed by atoms with E-state index in [-0.39, 0.29) is 22.8 Å². The number of likely N-dealkylation sites (tertiary alicyclic amines) is 1. The van der Waals surface area contributed by atoms with Crippen molar-refractivity contribution in [2.24, 2.45) is 5.92 Å². The Bertz CT molecular complexity index is 960. The van der Waals surface area contributed by atoms with Crippen LogP contribution in [-0.2, 0) is 21.2 Å². The van der Waals surface area contributed by atoms with E-state index in [0.717, 1.165) is 42.1 Å². The first-order valence-electron chi connectivity index (χ1n) is 9.80. The van der Waals surface area contributed by atoms with Crippen LogP contribution in [0.1, 0.15) is 36.9 Å². The van der Waals surface area contributed by atoms with Crippen LogP contribution in [0.4, 0.5) is 0 Å². The number of nitrogens with one attached hydrogen (secondary N) is 1. The van der Waals surface area contributed by atoms with Crippen LogP contribution in [0, 0.1) is 5.92 Å². The molecule has 0 aliphatic carbocycles. The molecule has 1 N–H and O–H groups in total. The Kier molecular flexibility index (Phi) is 6.98. The molecular weight excluding hydrogens is 408 g/mol. The molecule has 0 saturated carbocycles. The van der Waals surface area contributed by atoms with E-state index in [1.165, 1.54) is 6.26 Å². The highest BCUT2D eigenvalue weighted by Gasteiger charge is 2.27. The van der Waals surface area contributed by atoms with Crippen LogP contribution in [0.5, 0.6) is 0 Å². The fourth-order valence-electron chi connectivity index (χ4n) is 3.70. The summed E-state index contributed by atoms with van der Waals surface area (Å²) in [5, 5.41) is 3.83. The number of piperidine rings is 1. The van der Waals surface area contributed by atoms with Gasteiger partial charge in [-0.2, -0.15) is 0 Å². The van der Waals surface area contributed by atoms with E-state index in [0.29, 0.717) is 6.54 Å². The summed E-state index contributed by atoms with van der Waals surface area (Å²) >= 11 is 6.27. The van der Waals surface area contributed by atoms with E-state index in [4.69, 9.17) is 11.6 Å². The van der Waals surface area contributed by atoms with Crippen molar-refractivity contribution in [3.05, 3.63) is 64.7 Å². The van der Waals surface area contributed by atoms with Crippen LogP contribution < -0.4 is 5.32 Å². The SMILES string of the molecule is C[C@@H](NC(=O)[C@@H]1CCCN(Cc2ccccc2Cl)C1)c1ccc(S(C)(=O)=O)cc1. The van der Waals surface area contributed by atoms with E-state index in [1.54, 1.807) is 24.3 Å². The number of amides is 1. The van der Waals surface area contributed by atoms with Crippen molar-refractivity contribution >= 4 is 27.3 Å². The van der Waals surface area contributed by atoms with Crippen LogP contribution in [0.25, 0.3) is 0 Å². The van der Waals surface area contributed by atoms with Gasteiger partial charge in [0.25, 0.3) is 0 Å². The fraction of sp³-hybridized carbons (Fsp3) is 0.409. The molecule has 1 aliphatic rings. The molecule has 0 unspecified atom stereocenters. The van der Waals surface area contributed by atoms with Gasteiger partial charge in [-0.15, -0.1) is 0 Å². The summed E-state index contributed by atoms with van der Waals surface area (Å²) in [5.41, 5.74) is 1.96. The Morgan fingerprint density at radius 2 is 1.90 bits per heavy atom. The summed E-state index contributed by atoms with van der Waals surface area (Å²) in [4.78, 5) is 15.4. The predicted octanol–water partition coefficient (Wildman–Crippen LogP) is 3.83.